The van der Waals surface area contributed by atoms with Crippen molar-refractivity contribution in [3.63, 3.8) is 0 Å². The lowest BCUT2D eigenvalue weighted by Gasteiger charge is -2.31. The van der Waals surface area contributed by atoms with Crippen LogP contribution in [0.1, 0.15) is 42.4 Å². The van der Waals surface area contributed by atoms with Crippen LogP contribution in [-0.4, -0.2) is 58.0 Å². The molecule has 0 unspecified atom stereocenters. The summed E-state index contributed by atoms with van der Waals surface area (Å²) in [7, 11) is -3.65. The van der Waals surface area contributed by atoms with Gasteiger partial charge in [-0.1, -0.05) is 18.2 Å². The summed E-state index contributed by atoms with van der Waals surface area (Å²) in [5.41, 5.74) is 5.19. The molecule has 0 saturated carbocycles. The van der Waals surface area contributed by atoms with Gasteiger partial charge in [0.2, 0.25) is 15.9 Å². The number of nitrogens with zero attached hydrogens (tertiary/aromatic N) is 2. The Kier molecular flexibility index (Phi) is 6.90. The van der Waals surface area contributed by atoms with E-state index in [0.717, 1.165) is 50.0 Å². The smallest absolute Gasteiger partial charge is 0.243 e. The van der Waals surface area contributed by atoms with Gasteiger partial charge in [-0.25, -0.2) is 8.42 Å². The molecule has 1 amide bonds. The van der Waals surface area contributed by atoms with E-state index in [2.05, 4.69) is 22.3 Å². The summed E-state index contributed by atoms with van der Waals surface area (Å²) in [6.07, 6.45) is 7.02. The topological polar surface area (TPSA) is 79.0 Å². The Labute approximate surface area is 202 Å². The summed E-state index contributed by atoms with van der Waals surface area (Å²) in [6, 6.07) is 11.5. The molecule has 7 nitrogen and oxygen atoms in total. The Morgan fingerprint density at radius 1 is 0.882 bits per heavy atom. The maximum absolute atomic E-state index is 13.3. The third-order valence-electron chi connectivity index (χ3n) is 7.07. The first-order valence-electron chi connectivity index (χ1n) is 12.4. The molecule has 182 valence electrons. The molecule has 2 aliphatic heterocycles. The number of amides is 1. The van der Waals surface area contributed by atoms with Crippen LogP contribution in [0.15, 0.2) is 41.3 Å². The van der Waals surface area contributed by atoms with Crippen molar-refractivity contribution in [2.75, 3.05) is 49.6 Å². The van der Waals surface area contributed by atoms with Gasteiger partial charge < -0.3 is 15.0 Å². The van der Waals surface area contributed by atoms with Gasteiger partial charge in [-0.2, -0.15) is 4.31 Å². The van der Waals surface area contributed by atoms with Crippen molar-refractivity contribution in [2.45, 2.75) is 49.8 Å². The van der Waals surface area contributed by atoms with E-state index in [1.54, 1.807) is 12.1 Å². The van der Waals surface area contributed by atoms with Crippen LogP contribution in [0, 0.1) is 0 Å². The van der Waals surface area contributed by atoms with Gasteiger partial charge in [0.1, 0.15) is 0 Å². The third kappa shape index (κ3) is 4.99. The largest absolute Gasteiger partial charge is 0.379 e. The minimum atomic E-state index is -3.65. The molecule has 1 aliphatic carbocycles. The number of nitrogens with one attached hydrogen (secondary N) is 1. The molecule has 2 fully saturated rings. The highest BCUT2D eigenvalue weighted by Gasteiger charge is 2.28. The molecule has 0 aromatic heterocycles. The Balaban J connectivity index is 1.40. The molecular weight excluding hydrogens is 450 g/mol. The van der Waals surface area contributed by atoms with Gasteiger partial charge in [-0.05, 0) is 73.4 Å². The van der Waals surface area contributed by atoms with Gasteiger partial charge in [-0.3, -0.25) is 4.79 Å². The van der Waals surface area contributed by atoms with Gasteiger partial charge in [0.05, 0.1) is 35.9 Å². The van der Waals surface area contributed by atoms with Crippen molar-refractivity contribution in [2.24, 2.45) is 0 Å². The summed E-state index contributed by atoms with van der Waals surface area (Å²) in [4.78, 5) is 15.5. The number of sulfonamides is 1. The number of rotatable bonds is 6. The average Bonchev–Trinajstić information content (AvgIpc) is 3.33. The number of ether oxygens (including phenoxy) is 1. The van der Waals surface area contributed by atoms with Crippen LogP contribution in [0.3, 0.4) is 0 Å². The molecule has 8 heteroatoms. The Hall–Kier alpha value is -2.42. The average molecular weight is 484 g/mol. The first-order valence-corrected chi connectivity index (χ1v) is 13.8. The van der Waals surface area contributed by atoms with E-state index < -0.39 is 10.0 Å². The molecular formula is C26H33N3O4S. The number of piperidine rings is 1. The van der Waals surface area contributed by atoms with Crippen molar-refractivity contribution in [3.8, 4) is 0 Å². The quantitative estimate of drug-likeness (QED) is 0.682. The van der Waals surface area contributed by atoms with Gasteiger partial charge in [0, 0.05) is 26.2 Å². The molecule has 3 aliphatic rings. The molecule has 0 atom stereocenters. The summed E-state index contributed by atoms with van der Waals surface area (Å²) in [5, 5.41) is 3.05. The van der Waals surface area contributed by atoms with Crippen molar-refractivity contribution >= 4 is 27.3 Å². The fourth-order valence-corrected chi connectivity index (χ4v) is 6.67. The van der Waals surface area contributed by atoms with Crippen LogP contribution in [0.5, 0.6) is 0 Å². The van der Waals surface area contributed by atoms with Crippen LogP contribution >= 0.6 is 0 Å². The number of hydrogen-bond acceptors (Lipinski definition) is 5. The van der Waals surface area contributed by atoms with Gasteiger partial charge in [0.25, 0.3) is 0 Å². The number of carbonyl (C=O) groups is 1. The molecule has 34 heavy (non-hydrogen) atoms. The van der Waals surface area contributed by atoms with Crippen molar-refractivity contribution < 1.29 is 17.9 Å². The summed E-state index contributed by atoms with van der Waals surface area (Å²) >= 11 is 0. The Morgan fingerprint density at radius 2 is 1.65 bits per heavy atom. The zero-order valence-corrected chi connectivity index (χ0v) is 20.4. The first-order chi connectivity index (χ1) is 16.5. The second kappa shape index (κ2) is 10.1. The summed E-state index contributed by atoms with van der Waals surface area (Å²) < 4.78 is 33.3. The standard InChI is InChI=1S/C26H33N3O4S/c30-26(18-20-7-8-21-5-4-6-22(21)17-20)27-24-19-23(34(31,32)29-13-15-33-16-14-29)9-10-25(24)28-11-2-1-3-12-28/h7-10,17,19H,1-6,11-16,18H2,(H,27,30). The lowest BCUT2D eigenvalue weighted by Crippen LogP contribution is -2.40. The molecule has 1 N–H and O–H groups in total. The van der Waals surface area contributed by atoms with E-state index in [-0.39, 0.29) is 17.2 Å². The van der Waals surface area contributed by atoms with E-state index in [4.69, 9.17) is 4.74 Å². The zero-order chi connectivity index (χ0) is 23.5. The van der Waals surface area contributed by atoms with E-state index in [0.29, 0.717) is 32.0 Å². The number of morpholine rings is 1. The highest BCUT2D eigenvalue weighted by atomic mass is 32.2. The third-order valence-corrected chi connectivity index (χ3v) is 8.97. The minimum Gasteiger partial charge on any atom is -0.379 e. The van der Waals surface area contributed by atoms with Crippen LogP contribution < -0.4 is 10.2 Å². The predicted octanol–water partition coefficient (Wildman–Crippen LogP) is 3.37. The van der Waals surface area contributed by atoms with Crippen LogP contribution in [0.2, 0.25) is 0 Å². The van der Waals surface area contributed by atoms with Crippen LogP contribution in [0.25, 0.3) is 0 Å². The lowest BCUT2D eigenvalue weighted by atomic mass is 10.0. The molecule has 2 heterocycles. The summed E-state index contributed by atoms with van der Waals surface area (Å²) in [5.74, 6) is -0.128. The molecule has 2 aromatic rings. The predicted molar refractivity (Wildman–Crippen MR) is 133 cm³/mol. The van der Waals surface area contributed by atoms with Crippen molar-refractivity contribution in [1.29, 1.82) is 0 Å². The Bertz CT molecular complexity index is 1150. The maximum atomic E-state index is 13.3. The minimum absolute atomic E-state index is 0.128. The van der Waals surface area contributed by atoms with E-state index in [1.807, 2.05) is 12.1 Å². The second-order valence-electron chi connectivity index (χ2n) is 9.42. The van der Waals surface area contributed by atoms with Crippen molar-refractivity contribution in [1.82, 2.24) is 4.31 Å². The second-order valence-corrected chi connectivity index (χ2v) is 11.4. The lowest BCUT2D eigenvalue weighted by molar-refractivity contribution is -0.115. The number of fused-ring (bicyclic) bond motifs is 1. The van der Waals surface area contributed by atoms with Crippen molar-refractivity contribution in [3.05, 3.63) is 53.1 Å². The zero-order valence-electron chi connectivity index (χ0n) is 19.6. The van der Waals surface area contributed by atoms with E-state index in [1.165, 1.54) is 28.3 Å². The molecule has 5 rings (SSSR count). The Morgan fingerprint density at radius 3 is 2.44 bits per heavy atom. The monoisotopic (exact) mass is 483 g/mol. The highest BCUT2D eigenvalue weighted by molar-refractivity contribution is 7.89. The number of anilines is 2. The van der Waals surface area contributed by atoms with Gasteiger partial charge in [0.15, 0.2) is 0 Å². The van der Waals surface area contributed by atoms with Gasteiger partial charge in [-0.15, -0.1) is 0 Å². The normalized spacial score (nSPS) is 19.1. The highest BCUT2D eigenvalue weighted by Crippen LogP contribution is 2.32. The summed E-state index contributed by atoms with van der Waals surface area (Å²) in [6.45, 7) is 3.30. The number of aryl methyl sites for hydroxylation is 2. The fourth-order valence-electron chi connectivity index (χ4n) is 5.24. The molecule has 0 radical (unpaired) electrons. The SMILES string of the molecule is O=C(Cc1ccc2c(c1)CCC2)Nc1cc(S(=O)(=O)N2CCOCC2)ccc1N1CCCCC1. The van der Waals surface area contributed by atoms with Crippen LogP contribution in [-0.2, 0) is 38.8 Å². The first kappa shape index (κ1) is 23.3. The van der Waals surface area contributed by atoms with Gasteiger partial charge >= 0.3 is 0 Å². The maximum Gasteiger partial charge on any atom is 0.243 e. The molecule has 2 saturated heterocycles. The number of carbonyl (C=O) groups excluding carboxylic acids is 1. The number of benzene rings is 2. The number of hydrogen-bond donors (Lipinski definition) is 1. The fraction of sp³-hybridized carbons (Fsp3) is 0.500. The molecule has 2 aromatic carbocycles. The van der Waals surface area contributed by atoms with Crippen LogP contribution in [0.4, 0.5) is 11.4 Å². The van der Waals surface area contributed by atoms with E-state index >= 15 is 0 Å². The van der Waals surface area contributed by atoms with E-state index in [9.17, 15) is 13.2 Å². The molecule has 0 bridgehead atoms. The molecule has 0 spiro atoms.